The van der Waals surface area contributed by atoms with Crippen LogP contribution in [0.4, 0.5) is 13.2 Å². The first-order valence-corrected chi connectivity index (χ1v) is 6.95. The van der Waals surface area contributed by atoms with E-state index in [0.29, 0.717) is 13.1 Å². The highest BCUT2D eigenvalue weighted by Gasteiger charge is 2.36. The number of nitrogens with zero attached hydrogens (tertiary/aromatic N) is 1. The Labute approximate surface area is 142 Å². The maximum absolute atomic E-state index is 12.9. The van der Waals surface area contributed by atoms with E-state index >= 15 is 0 Å². The summed E-state index contributed by atoms with van der Waals surface area (Å²) in [6.45, 7) is 6.63. The second kappa shape index (κ2) is 8.96. The molecule has 128 valence electrons. The van der Waals surface area contributed by atoms with E-state index in [0.717, 1.165) is 29.8 Å². The number of nitrogens with one attached hydrogen (secondary N) is 1. The van der Waals surface area contributed by atoms with Gasteiger partial charge >= 0.3 is 6.18 Å². The normalized spacial score (nSPS) is 17.3. The second-order valence-corrected chi connectivity index (χ2v) is 5.48. The predicted octanol–water partition coefficient (Wildman–Crippen LogP) is 4.05. The molecule has 1 aromatic rings. The van der Waals surface area contributed by atoms with Gasteiger partial charge in [-0.25, -0.2) is 0 Å². The molecule has 0 radical (unpaired) electrons. The van der Waals surface area contributed by atoms with Crippen molar-refractivity contribution in [2.45, 2.75) is 32.5 Å². The Bertz CT molecular complexity index is 461. The molecule has 0 saturated carbocycles. The Balaban J connectivity index is 0.00000220. The average Bonchev–Trinajstić information content (AvgIpc) is 2.39. The molecule has 0 bridgehead atoms. The molecule has 1 aromatic carbocycles. The molecular weight excluding hydrogens is 336 g/mol. The van der Waals surface area contributed by atoms with Gasteiger partial charge in [0.2, 0.25) is 0 Å². The molecule has 0 unspecified atom stereocenters. The van der Waals surface area contributed by atoms with Crippen LogP contribution in [0.15, 0.2) is 18.2 Å². The molecule has 1 N–H and O–H groups in total. The SMILES string of the molecule is Cc1ccc(C)c([C@@H](CC(F)(F)F)N2CCNCC2)c1.Cl.Cl. The number of hydrogen-bond donors (Lipinski definition) is 1. The van der Waals surface area contributed by atoms with Gasteiger partial charge in [0.25, 0.3) is 0 Å². The van der Waals surface area contributed by atoms with E-state index in [1.54, 1.807) is 0 Å². The highest BCUT2D eigenvalue weighted by molar-refractivity contribution is 5.85. The van der Waals surface area contributed by atoms with Crippen LogP contribution in [0.2, 0.25) is 0 Å². The minimum atomic E-state index is -4.15. The summed E-state index contributed by atoms with van der Waals surface area (Å²) in [5.74, 6) is 0. The van der Waals surface area contributed by atoms with Crippen molar-refractivity contribution in [1.29, 1.82) is 0 Å². The van der Waals surface area contributed by atoms with E-state index in [1.807, 2.05) is 36.9 Å². The first-order valence-electron chi connectivity index (χ1n) is 6.95. The fourth-order valence-electron chi connectivity index (χ4n) is 2.77. The molecular formula is C15H23Cl2F3N2. The highest BCUT2D eigenvalue weighted by Crippen LogP contribution is 2.35. The third-order valence-electron chi connectivity index (χ3n) is 3.81. The first kappa shape index (κ1) is 21.5. The third kappa shape index (κ3) is 5.95. The van der Waals surface area contributed by atoms with E-state index in [1.165, 1.54) is 0 Å². The van der Waals surface area contributed by atoms with Crippen molar-refractivity contribution >= 4 is 24.8 Å². The maximum Gasteiger partial charge on any atom is 0.390 e. The molecule has 1 saturated heterocycles. The fraction of sp³-hybridized carbons (Fsp3) is 0.600. The number of piperazine rings is 1. The predicted molar refractivity (Wildman–Crippen MR) is 88.3 cm³/mol. The molecule has 2 rings (SSSR count). The Morgan fingerprint density at radius 2 is 1.73 bits per heavy atom. The van der Waals surface area contributed by atoms with E-state index < -0.39 is 18.6 Å². The van der Waals surface area contributed by atoms with Gasteiger partial charge in [-0.2, -0.15) is 13.2 Å². The van der Waals surface area contributed by atoms with Crippen LogP contribution in [0.3, 0.4) is 0 Å². The summed E-state index contributed by atoms with van der Waals surface area (Å²) in [5, 5.41) is 3.19. The van der Waals surface area contributed by atoms with Crippen molar-refractivity contribution in [2.24, 2.45) is 0 Å². The van der Waals surface area contributed by atoms with Crippen LogP contribution in [0.5, 0.6) is 0 Å². The molecule has 22 heavy (non-hydrogen) atoms. The lowest BCUT2D eigenvalue weighted by atomic mass is 9.95. The number of aryl methyl sites for hydroxylation is 2. The maximum atomic E-state index is 12.9. The molecule has 2 nitrogen and oxygen atoms in total. The minimum Gasteiger partial charge on any atom is -0.314 e. The quantitative estimate of drug-likeness (QED) is 0.876. The van der Waals surface area contributed by atoms with Crippen molar-refractivity contribution in [3.8, 4) is 0 Å². The highest BCUT2D eigenvalue weighted by atomic mass is 35.5. The van der Waals surface area contributed by atoms with E-state index in [-0.39, 0.29) is 24.8 Å². The Morgan fingerprint density at radius 1 is 1.14 bits per heavy atom. The molecule has 7 heteroatoms. The first-order chi connectivity index (χ1) is 9.37. The van der Waals surface area contributed by atoms with Crippen LogP contribution in [0.25, 0.3) is 0 Å². The molecule has 1 aliphatic heterocycles. The lowest BCUT2D eigenvalue weighted by Crippen LogP contribution is -2.46. The Morgan fingerprint density at radius 3 is 2.27 bits per heavy atom. The molecule has 1 atom stereocenters. The monoisotopic (exact) mass is 358 g/mol. The summed E-state index contributed by atoms with van der Waals surface area (Å²) in [6.07, 6.45) is -4.93. The summed E-state index contributed by atoms with van der Waals surface area (Å²) in [7, 11) is 0. The summed E-state index contributed by atoms with van der Waals surface area (Å²) < 4.78 is 38.8. The number of hydrogen-bond acceptors (Lipinski definition) is 2. The number of halogens is 5. The van der Waals surface area contributed by atoms with Crippen LogP contribution < -0.4 is 5.32 Å². The van der Waals surface area contributed by atoms with Crippen LogP contribution in [0.1, 0.15) is 29.2 Å². The number of alkyl halides is 3. The number of benzene rings is 1. The molecule has 0 spiro atoms. The zero-order valence-electron chi connectivity index (χ0n) is 12.7. The summed E-state index contributed by atoms with van der Waals surface area (Å²) >= 11 is 0. The second-order valence-electron chi connectivity index (χ2n) is 5.48. The van der Waals surface area contributed by atoms with E-state index in [2.05, 4.69) is 5.32 Å². The largest absolute Gasteiger partial charge is 0.390 e. The standard InChI is InChI=1S/C15H21F3N2.2ClH/c1-11-3-4-12(2)13(9-11)14(10-15(16,17)18)20-7-5-19-6-8-20;;/h3-4,9,14,19H,5-8,10H2,1-2H3;2*1H/t14-;;/m1../s1. The molecule has 1 fully saturated rings. The summed E-state index contributed by atoms with van der Waals surface area (Å²) in [4.78, 5) is 1.95. The van der Waals surface area contributed by atoms with Gasteiger partial charge < -0.3 is 5.32 Å². The summed E-state index contributed by atoms with van der Waals surface area (Å²) in [5.41, 5.74) is 2.75. The van der Waals surface area contributed by atoms with Crippen molar-refractivity contribution in [2.75, 3.05) is 26.2 Å². The van der Waals surface area contributed by atoms with Crippen LogP contribution >= 0.6 is 24.8 Å². The summed E-state index contributed by atoms with van der Waals surface area (Å²) in [6, 6.07) is 5.18. The van der Waals surface area contributed by atoms with Crippen molar-refractivity contribution in [3.05, 3.63) is 34.9 Å². The number of rotatable bonds is 3. The molecule has 0 aromatic heterocycles. The molecule has 1 heterocycles. The van der Waals surface area contributed by atoms with Crippen LogP contribution in [0, 0.1) is 13.8 Å². The molecule has 0 amide bonds. The van der Waals surface area contributed by atoms with Gasteiger partial charge in [0.1, 0.15) is 0 Å². The van der Waals surface area contributed by atoms with Gasteiger partial charge in [-0.3, -0.25) is 4.90 Å². The average molecular weight is 359 g/mol. The minimum absolute atomic E-state index is 0. The van der Waals surface area contributed by atoms with Crippen molar-refractivity contribution < 1.29 is 13.2 Å². The lowest BCUT2D eigenvalue weighted by Gasteiger charge is -2.36. The molecule has 0 aliphatic carbocycles. The Kier molecular flexibility index (Phi) is 8.77. The lowest BCUT2D eigenvalue weighted by molar-refractivity contribution is -0.148. The Hall–Kier alpha value is -0.490. The fourth-order valence-corrected chi connectivity index (χ4v) is 2.77. The zero-order valence-corrected chi connectivity index (χ0v) is 14.4. The zero-order chi connectivity index (χ0) is 14.8. The van der Waals surface area contributed by atoms with Crippen molar-refractivity contribution in [1.82, 2.24) is 10.2 Å². The van der Waals surface area contributed by atoms with Gasteiger partial charge in [-0.15, -0.1) is 24.8 Å². The smallest absolute Gasteiger partial charge is 0.314 e. The van der Waals surface area contributed by atoms with Crippen molar-refractivity contribution in [3.63, 3.8) is 0 Å². The van der Waals surface area contributed by atoms with Gasteiger partial charge in [0.15, 0.2) is 0 Å². The van der Waals surface area contributed by atoms with E-state index in [9.17, 15) is 13.2 Å². The third-order valence-corrected chi connectivity index (χ3v) is 3.81. The van der Waals surface area contributed by atoms with Gasteiger partial charge in [0, 0.05) is 32.2 Å². The van der Waals surface area contributed by atoms with E-state index in [4.69, 9.17) is 0 Å². The van der Waals surface area contributed by atoms with Crippen LogP contribution in [-0.4, -0.2) is 37.3 Å². The van der Waals surface area contributed by atoms with Gasteiger partial charge in [-0.05, 0) is 25.0 Å². The van der Waals surface area contributed by atoms with Gasteiger partial charge in [0.05, 0.1) is 6.42 Å². The van der Waals surface area contributed by atoms with Gasteiger partial charge in [-0.1, -0.05) is 23.8 Å². The topological polar surface area (TPSA) is 15.3 Å². The molecule has 1 aliphatic rings. The van der Waals surface area contributed by atoms with Crippen LogP contribution in [-0.2, 0) is 0 Å².